The van der Waals surface area contributed by atoms with Crippen LogP contribution in [0.2, 0.25) is 0 Å². The Balaban J connectivity index is 3.10. The molecule has 0 aromatic heterocycles. The SMILES string of the molecule is Cc1cc(NC(C)C(=O)N(C)C)c([N+](=O)[O-])cc1F. The molecule has 1 rings (SSSR count). The van der Waals surface area contributed by atoms with Gasteiger partial charge in [0.25, 0.3) is 5.69 Å². The summed E-state index contributed by atoms with van der Waals surface area (Å²) in [7, 11) is 3.18. The van der Waals surface area contributed by atoms with Crippen LogP contribution in [0.15, 0.2) is 12.1 Å². The Labute approximate surface area is 110 Å². The Hall–Kier alpha value is -2.18. The van der Waals surface area contributed by atoms with Crippen LogP contribution in [0.1, 0.15) is 12.5 Å². The number of nitrogens with one attached hydrogen (secondary N) is 1. The molecule has 1 unspecified atom stereocenters. The van der Waals surface area contributed by atoms with E-state index >= 15 is 0 Å². The summed E-state index contributed by atoms with van der Waals surface area (Å²) >= 11 is 0. The summed E-state index contributed by atoms with van der Waals surface area (Å²) in [6, 6.07) is 1.54. The number of halogens is 1. The number of rotatable bonds is 4. The highest BCUT2D eigenvalue weighted by Crippen LogP contribution is 2.28. The summed E-state index contributed by atoms with van der Waals surface area (Å²) in [4.78, 5) is 23.3. The standard InChI is InChI=1S/C12H16FN3O3/c1-7-5-10(11(16(18)19)6-9(7)13)14-8(2)12(17)15(3)4/h5-6,8,14H,1-4H3. The van der Waals surface area contributed by atoms with Crippen LogP contribution in [0, 0.1) is 22.9 Å². The predicted molar refractivity (Wildman–Crippen MR) is 69.6 cm³/mol. The van der Waals surface area contributed by atoms with E-state index in [1.165, 1.54) is 17.9 Å². The van der Waals surface area contributed by atoms with E-state index in [4.69, 9.17) is 0 Å². The second-order valence-corrected chi connectivity index (χ2v) is 4.47. The Morgan fingerprint density at radius 3 is 2.53 bits per heavy atom. The summed E-state index contributed by atoms with van der Waals surface area (Å²) in [5.41, 5.74) is 0.0192. The molecule has 1 N–H and O–H groups in total. The van der Waals surface area contributed by atoms with Crippen LogP contribution in [-0.2, 0) is 4.79 Å². The van der Waals surface area contributed by atoms with Crippen LogP contribution in [0.25, 0.3) is 0 Å². The lowest BCUT2D eigenvalue weighted by Gasteiger charge is -2.19. The summed E-state index contributed by atoms with van der Waals surface area (Å²) in [6.45, 7) is 3.09. The first-order valence-electron chi connectivity index (χ1n) is 5.66. The van der Waals surface area contributed by atoms with Crippen LogP contribution >= 0.6 is 0 Å². The van der Waals surface area contributed by atoms with E-state index in [0.717, 1.165) is 6.07 Å². The average Bonchev–Trinajstić information content (AvgIpc) is 2.31. The smallest absolute Gasteiger partial charge is 0.295 e. The van der Waals surface area contributed by atoms with Crippen molar-refractivity contribution in [1.29, 1.82) is 0 Å². The van der Waals surface area contributed by atoms with Crippen LogP contribution in [0.5, 0.6) is 0 Å². The zero-order valence-electron chi connectivity index (χ0n) is 11.2. The van der Waals surface area contributed by atoms with Gasteiger partial charge in [-0.2, -0.15) is 0 Å². The van der Waals surface area contributed by atoms with Gasteiger partial charge in [-0.3, -0.25) is 14.9 Å². The zero-order chi connectivity index (χ0) is 14.7. The van der Waals surface area contributed by atoms with E-state index in [1.54, 1.807) is 21.0 Å². The Bertz CT molecular complexity index is 517. The highest BCUT2D eigenvalue weighted by Gasteiger charge is 2.21. The third kappa shape index (κ3) is 3.40. The number of carbonyl (C=O) groups excluding carboxylic acids is 1. The maximum absolute atomic E-state index is 13.3. The molecule has 0 saturated carbocycles. The molecule has 1 amide bonds. The number of nitrogens with zero attached hydrogens (tertiary/aromatic N) is 2. The lowest BCUT2D eigenvalue weighted by atomic mass is 10.1. The summed E-state index contributed by atoms with van der Waals surface area (Å²) in [6.07, 6.45) is 0. The molecule has 1 atom stereocenters. The maximum Gasteiger partial charge on any atom is 0.295 e. The molecule has 0 fully saturated rings. The van der Waals surface area contributed by atoms with Crippen molar-refractivity contribution in [2.75, 3.05) is 19.4 Å². The largest absolute Gasteiger partial charge is 0.368 e. The number of benzene rings is 1. The molecule has 104 valence electrons. The summed E-state index contributed by atoms with van der Waals surface area (Å²) < 4.78 is 13.3. The number of amides is 1. The minimum Gasteiger partial charge on any atom is -0.368 e. The van der Waals surface area contributed by atoms with Gasteiger partial charge in [-0.15, -0.1) is 0 Å². The molecule has 0 saturated heterocycles. The van der Waals surface area contributed by atoms with Crippen molar-refractivity contribution < 1.29 is 14.1 Å². The molecular formula is C12H16FN3O3. The van der Waals surface area contributed by atoms with Crippen molar-refractivity contribution in [3.63, 3.8) is 0 Å². The Morgan fingerprint density at radius 1 is 1.47 bits per heavy atom. The van der Waals surface area contributed by atoms with Crippen LogP contribution in [0.3, 0.4) is 0 Å². The molecule has 19 heavy (non-hydrogen) atoms. The van der Waals surface area contributed by atoms with E-state index in [2.05, 4.69) is 5.32 Å². The molecular weight excluding hydrogens is 253 g/mol. The summed E-state index contributed by atoms with van der Waals surface area (Å²) in [5.74, 6) is -0.875. The minimum absolute atomic E-state index is 0.131. The number of nitro benzene ring substituents is 1. The molecule has 0 aliphatic heterocycles. The van der Waals surface area contributed by atoms with Gasteiger partial charge < -0.3 is 10.2 Å². The van der Waals surface area contributed by atoms with Crippen molar-refractivity contribution >= 4 is 17.3 Å². The first kappa shape index (κ1) is 14.9. The normalized spacial score (nSPS) is 11.8. The topological polar surface area (TPSA) is 75.5 Å². The highest BCUT2D eigenvalue weighted by molar-refractivity contribution is 5.84. The molecule has 1 aromatic rings. The molecule has 0 spiro atoms. The third-order valence-corrected chi connectivity index (χ3v) is 2.66. The quantitative estimate of drug-likeness (QED) is 0.669. The molecule has 0 heterocycles. The van der Waals surface area contributed by atoms with Crippen LogP contribution in [-0.4, -0.2) is 35.9 Å². The molecule has 1 aromatic carbocycles. The van der Waals surface area contributed by atoms with Gasteiger partial charge in [0, 0.05) is 14.1 Å². The van der Waals surface area contributed by atoms with E-state index < -0.39 is 16.8 Å². The zero-order valence-corrected chi connectivity index (χ0v) is 11.2. The van der Waals surface area contributed by atoms with E-state index in [1.807, 2.05) is 0 Å². The molecule has 0 bridgehead atoms. The second kappa shape index (κ2) is 5.64. The van der Waals surface area contributed by atoms with Gasteiger partial charge >= 0.3 is 0 Å². The molecule has 0 aliphatic rings. The Kier molecular flexibility index (Phi) is 4.42. The van der Waals surface area contributed by atoms with Crippen molar-refractivity contribution in [3.05, 3.63) is 33.6 Å². The fourth-order valence-electron chi connectivity index (χ4n) is 1.62. The van der Waals surface area contributed by atoms with E-state index in [9.17, 15) is 19.3 Å². The Morgan fingerprint density at radius 2 is 2.05 bits per heavy atom. The van der Waals surface area contributed by atoms with Gasteiger partial charge in [-0.1, -0.05) is 0 Å². The number of hydrogen-bond donors (Lipinski definition) is 1. The van der Waals surface area contributed by atoms with Gasteiger partial charge in [0.2, 0.25) is 5.91 Å². The maximum atomic E-state index is 13.3. The van der Waals surface area contributed by atoms with Crippen molar-refractivity contribution in [2.45, 2.75) is 19.9 Å². The molecule has 0 radical (unpaired) electrons. The first-order valence-corrected chi connectivity index (χ1v) is 5.66. The van der Waals surface area contributed by atoms with Crippen molar-refractivity contribution in [3.8, 4) is 0 Å². The molecule has 7 heteroatoms. The van der Waals surface area contributed by atoms with Gasteiger partial charge in [-0.05, 0) is 25.5 Å². The van der Waals surface area contributed by atoms with Crippen LogP contribution in [0.4, 0.5) is 15.8 Å². The first-order chi connectivity index (χ1) is 8.73. The number of likely N-dealkylation sites (N-methyl/N-ethyl adjacent to an activating group) is 1. The fraction of sp³-hybridized carbons (Fsp3) is 0.417. The molecule has 0 aliphatic carbocycles. The predicted octanol–water partition coefficient (Wildman–Crippen LogP) is 1.93. The lowest BCUT2D eigenvalue weighted by Crippen LogP contribution is -2.36. The summed E-state index contributed by atoms with van der Waals surface area (Å²) in [5, 5.41) is 13.6. The number of hydrogen-bond acceptors (Lipinski definition) is 4. The van der Waals surface area contributed by atoms with Gasteiger partial charge in [0.05, 0.1) is 11.0 Å². The number of anilines is 1. The molecule has 6 nitrogen and oxygen atoms in total. The monoisotopic (exact) mass is 269 g/mol. The average molecular weight is 269 g/mol. The van der Waals surface area contributed by atoms with Crippen LogP contribution < -0.4 is 5.32 Å². The lowest BCUT2D eigenvalue weighted by molar-refractivity contribution is -0.384. The van der Waals surface area contributed by atoms with E-state index in [-0.39, 0.29) is 22.8 Å². The van der Waals surface area contributed by atoms with Gasteiger partial charge in [-0.25, -0.2) is 4.39 Å². The van der Waals surface area contributed by atoms with Crippen molar-refractivity contribution in [1.82, 2.24) is 4.90 Å². The number of nitro groups is 1. The fourth-order valence-corrected chi connectivity index (χ4v) is 1.62. The van der Waals surface area contributed by atoms with Crippen molar-refractivity contribution in [2.24, 2.45) is 0 Å². The number of carbonyl (C=O) groups is 1. The second-order valence-electron chi connectivity index (χ2n) is 4.47. The number of aryl methyl sites for hydroxylation is 1. The van der Waals surface area contributed by atoms with Gasteiger partial charge in [0.1, 0.15) is 17.5 Å². The third-order valence-electron chi connectivity index (χ3n) is 2.66. The van der Waals surface area contributed by atoms with E-state index in [0.29, 0.717) is 0 Å². The van der Waals surface area contributed by atoms with Gasteiger partial charge in [0.15, 0.2) is 0 Å². The minimum atomic E-state index is -0.683. The highest BCUT2D eigenvalue weighted by atomic mass is 19.1.